The van der Waals surface area contributed by atoms with Crippen LogP contribution in [0.15, 0.2) is 11.8 Å². The van der Waals surface area contributed by atoms with Gasteiger partial charge in [-0.25, -0.2) is 0 Å². The lowest BCUT2D eigenvalue weighted by Gasteiger charge is -2.58. The summed E-state index contributed by atoms with van der Waals surface area (Å²) in [4.78, 5) is 23.5. The molecule has 0 aromatic heterocycles. The Bertz CT molecular complexity index is 629. The Kier molecular flexibility index (Phi) is 3.41. The number of aliphatic hydroxyl groups excluding tert-OH is 1. The summed E-state index contributed by atoms with van der Waals surface area (Å²) in [5, 5.41) is 23.7. The van der Waals surface area contributed by atoms with E-state index >= 15 is 0 Å². The summed E-state index contributed by atoms with van der Waals surface area (Å²) < 4.78 is 0. The summed E-state index contributed by atoms with van der Waals surface area (Å²) in [6.07, 6.45) is 5.97. The van der Waals surface area contributed by atoms with Crippen LogP contribution in [0.3, 0.4) is 0 Å². The Morgan fingerprint density at radius 1 is 1.33 bits per heavy atom. The van der Waals surface area contributed by atoms with E-state index in [1.807, 2.05) is 0 Å². The Morgan fingerprint density at radius 3 is 2.79 bits per heavy atom. The van der Waals surface area contributed by atoms with E-state index in [0.29, 0.717) is 24.7 Å². The first-order chi connectivity index (χ1) is 11.3. The number of amides is 1. The normalized spacial score (nSPS) is 50.2. The van der Waals surface area contributed by atoms with Crippen LogP contribution in [0, 0.1) is 34.5 Å². The lowest BCUT2D eigenvalue weighted by molar-refractivity contribution is -0.157. The minimum absolute atomic E-state index is 0.0686. The van der Waals surface area contributed by atoms with E-state index in [1.54, 1.807) is 0 Å². The standard InChI is InChI=1S/C19H27NO4/c1-18-8-7-15(22)20-14(18)6-3-10-11-4-5-12(17(23)24)19(11,2)9-13(21)16(10)18/h6,10-13,16,21H,3-5,7-9H2,1-2H3,(H,20,22)(H,23,24)/t10?,11?,12?,13?,16?,18-,19-/m0/s1. The van der Waals surface area contributed by atoms with Crippen LogP contribution in [-0.2, 0) is 9.59 Å². The molecule has 0 bridgehead atoms. The zero-order chi connectivity index (χ0) is 17.3. The van der Waals surface area contributed by atoms with Gasteiger partial charge in [-0.2, -0.15) is 0 Å². The fourth-order valence-electron chi connectivity index (χ4n) is 6.74. The highest BCUT2D eigenvalue weighted by molar-refractivity contribution is 5.79. The number of aliphatic hydroxyl groups is 1. The molecular weight excluding hydrogens is 306 g/mol. The number of piperidine rings is 1. The third kappa shape index (κ3) is 1.97. The Morgan fingerprint density at radius 2 is 2.08 bits per heavy atom. The molecule has 1 saturated heterocycles. The highest BCUT2D eigenvalue weighted by atomic mass is 16.4. The number of allylic oxidation sites excluding steroid dienone is 2. The molecular formula is C19H27NO4. The molecule has 0 radical (unpaired) electrons. The van der Waals surface area contributed by atoms with Crippen LogP contribution in [0.1, 0.15) is 52.4 Å². The number of carbonyl (C=O) groups excluding carboxylic acids is 1. The summed E-state index contributed by atoms with van der Waals surface area (Å²) in [7, 11) is 0. The van der Waals surface area contributed by atoms with Crippen molar-refractivity contribution in [1.82, 2.24) is 5.32 Å². The quantitative estimate of drug-likeness (QED) is 0.687. The third-order valence-corrected chi connectivity index (χ3v) is 7.84. The minimum Gasteiger partial charge on any atom is -0.481 e. The second-order valence-corrected chi connectivity index (χ2v) is 8.86. The second-order valence-electron chi connectivity index (χ2n) is 8.86. The van der Waals surface area contributed by atoms with Crippen LogP contribution in [0.5, 0.6) is 0 Å². The fraction of sp³-hybridized carbons (Fsp3) is 0.789. The molecule has 7 atom stereocenters. The van der Waals surface area contributed by atoms with Crippen molar-refractivity contribution < 1.29 is 19.8 Å². The molecule has 4 rings (SSSR count). The number of carboxylic acid groups (broad SMARTS) is 1. The zero-order valence-corrected chi connectivity index (χ0v) is 14.4. The summed E-state index contributed by atoms with van der Waals surface area (Å²) in [6, 6.07) is 0. The highest BCUT2D eigenvalue weighted by Crippen LogP contribution is 2.65. The van der Waals surface area contributed by atoms with Crippen molar-refractivity contribution in [3.8, 4) is 0 Å². The maximum atomic E-state index is 11.8. The minimum atomic E-state index is -0.714. The summed E-state index contributed by atoms with van der Waals surface area (Å²) in [6.45, 7) is 4.25. The lowest BCUT2D eigenvalue weighted by atomic mass is 9.48. The van der Waals surface area contributed by atoms with E-state index in [0.717, 1.165) is 31.4 Å². The largest absolute Gasteiger partial charge is 0.481 e. The van der Waals surface area contributed by atoms with Crippen LogP contribution < -0.4 is 5.32 Å². The van der Waals surface area contributed by atoms with E-state index in [4.69, 9.17) is 0 Å². The predicted molar refractivity (Wildman–Crippen MR) is 87.7 cm³/mol. The first kappa shape index (κ1) is 16.1. The van der Waals surface area contributed by atoms with Crippen LogP contribution >= 0.6 is 0 Å². The molecule has 3 fully saturated rings. The molecule has 2 saturated carbocycles. The molecule has 0 spiro atoms. The number of rotatable bonds is 1. The number of fused-ring (bicyclic) bond motifs is 5. The van der Waals surface area contributed by atoms with Crippen molar-refractivity contribution in [1.29, 1.82) is 0 Å². The van der Waals surface area contributed by atoms with Gasteiger partial charge in [0.15, 0.2) is 0 Å². The van der Waals surface area contributed by atoms with Gasteiger partial charge in [-0.05, 0) is 55.3 Å². The van der Waals surface area contributed by atoms with Gasteiger partial charge in [0.1, 0.15) is 0 Å². The smallest absolute Gasteiger partial charge is 0.307 e. The SMILES string of the molecule is C[C@]12CC(O)C3C(CC=C4NC(=O)CC[C@@]43C)C1CCC2C(=O)O. The zero-order valence-electron chi connectivity index (χ0n) is 14.4. The molecule has 3 aliphatic carbocycles. The monoisotopic (exact) mass is 333 g/mol. The van der Waals surface area contributed by atoms with Crippen LogP contribution in [-0.4, -0.2) is 28.2 Å². The number of hydrogen-bond donors (Lipinski definition) is 3. The maximum Gasteiger partial charge on any atom is 0.307 e. The Balaban J connectivity index is 1.73. The molecule has 1 amide bonds. The fourth-order valence-corrected chi connectivity index (χ4v) is 6.74. The molecule has 4 aliphatic rings. The Hall–Kier alpha value is -1.36. The number of carbonyl (C=O) groups is 2. The molecule has 5 heteroatoms. The van der Waals surface area contributed by atoms with Crippen LogP contribution in [0.2, 0.25) is 0 Å². The molecule has 1 aliphatic heterocycles. The van der Waals surface area contributed by atoms with Gasteiger partial charge in [0.2, 0.25) is 5.91 Å². The van der Waals surface area contributed by atoms with Gasteiger partial charge in [-0.15, -0.1) is 0 Å². The van der Waals surface area contributed by atoms with E-state index in [1.165, 1.54) is 0 Å². The highest BCUT2D eigenvalue weighted by Gasteiger charge is 2.63. The number of carboxylic acids is 1. The van der Waals surface area contributed by atoms with Gasteiger partial charge >= 0.3 is 5.97 Å². The third-order valence-electron chi connectivity index (χ3n) is 7.84. The van der Waals surface area contributed by atoms with Crippen LogP contribution in [0.4, 0.5) is 0 Å². The van der Waals surface area contributed by atoms with Crippen molar-refractivity contribution in [2.45, 2.75) is 58.5 Å². The van der Waals surface area contributed by atoms with Crippen molar-refractivity contribution in [3.05, 3.63) is 11.8 Å². The topological polar surface area (TPSA) is 86.6 Å². The van der Waals surface area contributed by atoms with Gasteiger partial charge in [0.25, 0.3) is 0 Å². The lowest BCUT2D eigenvalue weighted by Crippen LogP contribution is -2.58. The van der Waals surface area contributed by atoms with Gasteiger partial charge in [-0.1, -0.05) is 19.9 Å². The molecule has 0 aromatic rings. The van der Waals surface area contributed by atoms with Gasteiger partial charge < -0.3 is 15.5 Å². The summed E-state index contributed by atoms with van der Waals surface area (Å²) in [5.41, 5.74) is 0.473. The average molecular weight is 333 g/mol. The van der Waals surface area contributed by atoms with Crippen molar-refractivity contribution >= 4 is 11.9 Å². The number of aliphatic carboxylic acids is 1. The maximum absolute atomic E-state index is 11.8. The van der Waals surface area contributed by atoms with Crippen molar-refractivity contribution in [2.24, 2.45) is 34.5 Å². The molecule has 3 N–H and O–H groups in total. The molecule has 5 nitrogen and oxygen atoms in total. The summed E-state index contributed by atoms with van der Waals surface area (Å²) in [5.74, 6) is -0.217. The van der Waals surface area contributed by atoms with Gasteiger partial charge in [0.05, 0.1) is 12.0 Å². The van der Waals surface area contributed by atoms with Crippen LogP contribution in [0.25, 0.3) is 0 Å². The van der Waals surface area contributed by atoms with Gasteiger partial charge in [-0.3, -0.25) is 9.59 Å². The average Bonchev–Trinajstić information content (AvgIpc) is 2.84. The molecule has 1 heterocycles. The summed E-state index contributed by atoms with van der Waals surface area (Å²) >= 11 is 0. The second kappa shape index (κ2) is 5.07. The van der Waals surface area contributed by atoms with Crippen molar-refractivity contribution in [3.63, 3.8) is 0 Å². The van der Waals surface area contributed by atoms with E-state index in [9.17, 15) is 19.8 Å². The first-order valence-corrected chi connectivity index (χ1v) is 9.19. The molecule has 24 heavy (non-hydrogen) atoms. The first-order valence-electron chi connectivity index (χ1n) is 9.19. The van der Waals surface area contributed by atoms with Crippen molar-refractivity contribution in [2.75, 3.05) is 0 Å². The van der Waals surface area contributed by atoms with E-state index in [2.05, 4.69) is 25.2 Å². The van der Waals surface area contributed by atoms with E-state index in [-0.39, 0.29) is 28.6 Å². The number of hydrogen-bond acceptors (Lipinski definition) is 3. The van der Waals surface area contributed by atoms with E-state index < -0.39 is 12.1 Å². The predicted octanol–water partition coefficient (Wildman–Crippen LogP) is 2.30. The molecule has 0 aromatic carbocycles. The number of nitrogens with one attached hydrogen (secondary N) is 1. The van der Waals surface area contributed by atoms with Gasteiger partial charge in [0, 0.05) is 17.5 Å². The molecule has 5 unspecified atom stereocenters. The molecule has 132 valence electrons. The Labute approximate surface area is 142 Å².